The molecule has 0 aliphatic heterocycles. The van der Waals surface area contributed by atoms with Crippen molar-refractivity contribution in [1.82, 2.24) is 10.3 Å². The normalized spacial score (nSPS) is 13.1. The van der Waals surface area contributed by atoms with Crippen LogP contribution in [0.15, 0.2) is 115 Å². The molecular formula is C35H37N3O. The Kier molecular flexibility index (Phi) is 7.83. The first-order valence-electron chi connectivity index (χ1n) is 13.7. The molecule has 1 heterocycles. The van der Waals surface area contributed by atoms with Gasteiger partial charge in [-0.05, 0) is 49.9 Å². The minimum atomic E-state index is -0.771. The first-order valence-corrected chi connectivity index (χ1v) is 13.7. The molecule has 1 aromatic heterocycles. The molecule has 4 nitrogen and oxygen atoms in total. The summed E-state index contributed by atoms with van der Waals surface area (Å²) in [5.74, 6) is 1.16. The molecule has 0 bridgehead atoms. The maximum atomic E-state index is 13.8. The van der Waals surface area contributed by atoms with Gasteiger partial charge in [-0.3, -0.25) is 4.79 Å². The maximum absolute atomic E-state index is 13.8. The van der Waals surface area contributed by atoms with Crippen LogP contribution in [0.25, 0.3) is 10.9 Å². The Hall–Kier alpha value is -4.31. The van der Waals surface area contributed by atoms with Gasteiger partial charge in [0.1, 0.15) is 5.82 Å². The number of para-hydroxylation sites is 1. The van der Waals surface area contributed by atoms with E-state index in [0.29, 0.717) is 0 Å². The van der Waals surface area contributed by atoms with Gasteiger partial charge in [-0.2, -0.15) is 0 Å². The molecule has 198 valence electrons. The Morgan fingerprint density at radius 1 is 0.769 bits per heavy atom. The number of amides is 1. The van der Waals surface area contributed by atoms with Crippen LogP contribution in [0, 0.1) is 0 Å². The number of nitrogens with one attached hydrogen (secondary N) is 3. The summed E-state index contributed by atoms with van der Waals surface area (Å²) in [6.45, 7) is 6.79. The largest absolute Gasteiger partial charge is 0.371 e. The molecule has 0 fully saturated rings. The van der Waals surface area contributed by atoms with Crippen molar-refractivity contribution in [3.05, 3.63) is 138 Å². The van der Waals surface area contributed by atoms with Gasteiger partial charge in [-0.15, -0.1) is 0 Å². The zero-order chi connectivity index (χ0) is 27.2. The number of aromatic amines is 1. The van der Waals surface area contributed by atoms with Crippen molar-refractivity contribution in [2.75, 3.05) is 11.9 Å². The number of hydrogen-bond donors (Lipinski definition) is 3. The van der Waals surface area contributed by atoms with Gasteiger partial charge in [0.25, 0.3) is 0 Å². The number of carbonyl (C=O) groups is 1. The molecule has 2 unspecified atom stereocenters. The molecule has 0 radical (unpaired) electrons. The summed E-state index contributed by atoms with van der Waals surface area (Å²) in [5, 5.41) is 8.05. The van der Waals surface area contributed by atoms with E-state index in [1.807, 2.05) is 63.2 Å². The summed E-state index contributed by atoms with van der Waals surface area (Å²) >= 11 is 0. The second kappa shape index (κ2) is 11.6. The lowest BCUT2D eigenvalue weighted by Crippen LogP contribution is -2.41. The van der Waals surface area contributed by atoms with Gasteiger partial charge in [-0.1, -0.05) is 109 Å². The number of H-pyrrole nitrogens is 1. The lowest BCUT2D eigenvalue weighted by Gasteiger charge is -2.28. The van der Waals surface area contributed by atoms with E-state index in [-0.39, 0.29) is 17.9 Å². The molecule has 39 heavy (non-hydrogen) atoms. The summed E-state index contributed by atoms with van der Waals surface area (Å²) in [6, 6.07) is 39.5. The van der Waals surface area contributed by atoms with Crippen LogP contribution in [-0.2, 0) is 16.6 Å². The van der Waals surface area contributed by atoms with E-state index in [1.165, 1.54) is 11.1 Å². The highest BCUT2D eigenvalue weighted by Gasteiger charge is 2.36. The van der Waals surface area contributed by atoms with Gasteiger partial charge in [0.2, 0.25) is 5.91 Å². The van der Waals surface area contributed by atoms with Crippen LogP contribution in [0.3, 0.4) is 0 Å². The average Bonchev–Trinajstić information content (AvgIpc) is 3.36. The SMILES string of the molecule is CC(NC(=O)C(C)(C)c1c(NCC(Cc2ccccc2)c2ccccc2)[nH]c2ccccc12)c1ccccc1. The highest BCUT2D eigenvalue weighted by Crippen LogP contribution is 2.38. The maximum Gasteiger partial charge on any atom is 0.230 e. The predicted octanol–water partition coefficient (Wildman–Crippen LogP) is 7.76. The molecule has 3 N–H and O–H groups in total. The third-order valence-electron chi connectivity index (χ3n) is 7.67. The van der Waals surface area contributed by atoms with Gasteiger partial charge >= 0.3 is 0 Å². The van der Waals surface area contributed by atoms with E-state index < -0.39 is 5.41 Å². The van der Waals surface area contributed by atoms with Crippen LogP contribution in [0.1, 0.15) is 55.0 Å². The molecule has 5 aromatic rings. The summed E-state index contributed by atoms with van der Waals surface area (Å²) in [5.41, 5.74) is 4.92. The zero-order valence-electron chi connectivity index (χ0n) is 22.9. The number of aromatic nitrogens is 1. The first kappa shape index (κ1) is 26.3. The van der Waals surface area contributed by atoms with E-state index in [1.54, 1.807) is 0 Å². The number of rotatable bonds is 10. The summed E-state index contributed by atoms with van der Waals surface area (Å²) in [7, 11) is 0. The fraction of sp³-hybridized carbons (Fsp3) is 0.229. The Morgan fingerprint density at radius 3 is 2.00 bits per heavy atom. The summed E-state index contributed by atoms with van der Waals surface area (Å²) in [6.07, 6.45) is 0.923. The number of carbonyl (C=O) groups excluding carboxylic acids is 1. The van der Waals surface area contributed by atoms with Gasteiger partial charge < -0.3 is 15.6 Å². The highest BCUT2D eigenvalue weighted by atomic mass is 16.2. The van der Waals surface area contributed by atoms with Crippen molar-refractivity contribution in [1.29, 1.82) is 0 Å². The van der Waals surface area contributed by atoms with Crippen molar-refractivity contribution in [2.24, 2.45) is 0 Å². The Morgan fingerprint density at radius 2 is 1.33 bits per heavy atom. The lowest BCUT2D eigenvalue weighted by molar-refractivity contribution is -0.126. The van der Waals surface area contributed by atoms with Crippen LogP contribution >= 0.6 is 0 Å². The Labute approximate surface area is 231 Å². The topological polar surface area (TPSA) is 56.9 Å². The van der Waals surface area contributed by atoms with Gasteiger partial charge in [0, 0.05) is 28.9 Å². The van der Waals surface area contributed by atoms with E-state index in [4.69, 9.17) is 0 Å². The van der Waals surface area contributed by atoms with Crippen LogP contribution < -0.4 is 10.6 Å². The highest BCUT2D eigenvalue weighted by molar-refractivity contribution is 5.98. The van der Waals surface area contributed by atoms with Gasteiger partial charge in [0.05, 0.1) is 11.5 Å². The fourth-order valence-electron chi connectivity index (χ4n) is 5.40. The number of anilines is 1. The molecule has 1 amide bonds. The molecule has 0 saturated heterocycles. The summed E-state index contributed by atoms with van der Waals surface area (Å²) in [4.78, 5) is 17.4. The fourth-order valence-corrected chi connectivity index (χ4v) is 5.40. The average molecular weight is 516 g/mol. The molecule has 0 saturated carbocycles. The van der Waals surface area contributed by atoms with E-state index >= 15 is 0 Å². The summed E-state index contributed by atoms with van der Waals surface area (Å²) < 4.78 is 0. The quantitative estimate of drug-likeness (QED) is 0.178. The van der Waals surface area contributed by atoms with Crippen molar-refractivity contribution in [2.45, 2.75) is 44.6 Å². The third kappa shape index (κ3) is 5.91. The van der Waals surface area contributed by atoms with Gasteiger partial charge in [-0.25, -0.2) is 0 Å². The Bertz CT molecular complexity index is 1510. The first-order chi connectivity index (χ1) is 18.9. The minimum absolute atomic E-state index is 0.00412. The van der Waals surface area contributed by atoms with Crippen LogP contribution in [0.5, 0.6) is 0 Å². The number of hydrogen-bond acceptors (Lipinski definition) is 2. The number of benzene rings is 4. The molecule has 0 spiro atoms. The second-order valence-electron chi connectivity index (χ2n) is 10.8. The zero-order valence-corrected chi connectivity index (χ0v) is 22.9. The molecule has 0 aliphatic rings. The van der Waals surface area contributed by atoms with Crippen LogP contribution in [0.2, 0.25) is 0 Å². The van der Waals surface area contributed by atoms with Gasteiger partial charge in [0.15, 0.2) is 0 Å². The molecule has 0 aliphatic carbocycles. The van der Waals surface area contributed by atoms with E-state index in [0.717, 1.165) is 40.8 Å². The van der Waals surface area contributed by atoms with Crippen molar-refractivity contribution in [3.63, 3.8) is 0 Å². The van der Waals surface area contributed by atoms with Crippen LogP contribution in [0.4, 0.5) is 5.82 Å². The molecule has 4 heteroatoms. The molecule has 2 atom stereocenters. The van der Waals surface area contributed by atoms with Crippen molar-refractivity contribution < 1.29 is 4.79 Å². The molecule has 5 rings (SSSR count). The second-order valence-corrected chi connectivity index (χ2v) is 10.8. The van der Waals surface area contributed by atoms with Crippen LogP contribution in [-0.4, -0.2) is 17.4 Å². The predicted molar refractivity (Wildman–Crippen MR) is 162 cm³/mol. The van der Waals surface area contributed by atoms with E-state index in [2.05, 4.69) is 88.4 Å². The lowest BCUT2D eigenvalue weighted by atomic mass is 9.82. The van der Waals surface area contributed by atoms with Crippen molar-refractivity contribution >= 4 is 22.6 Å². The van der Waals surface area contributed by atoms with E-state index in [9.17, 15) is 4.79 Å². The smallest absolute Gasteiger partial charge is 0.230 e. The van der Waals surface area contributed by atoms with Crippen molar-refractivity contribution in [3.8, 4) is 0 Å². The monoisotopic (exact) mass is 515 g/mol. The Balaban J connectivity index is 1.44. The third-order valence-corrected chi connectivity index (χ3v) is 7.67. The number of fused-ring (bicyclic) bond motifs is 1. The molecule has 4 aromatic carbocycles. The minimum Gasteiger partial charge on any atom is -0.371 e. The standard InChI is InChI=1S/C35H37N3O/c1-25(27-17-9-5-10-18-27)37-34(39)35(2,3)32-30-21-13-14-22-31(30)38-33(32)36-24-29(28-19-11-6-12-20-28)23-26-15-7-4-8-16-26/h4-22,25,29,36,38H,23-24H2,1-3H3,(H,37,39). The molecular weight excluding hydrogens is 478 g/mol.